The molecule has 0 spiro atoms. The lowest BCUT2D eigenvalue weighted by Gasteiger charge is -2.33. The molecule has 0 radical (unpaired) electrons. The van der Waals surface area contributed by atoms with Crippen molar-refractivity contribution >= 4 is 21.6 Å². The molecule has 2 aromatic rings. The summed E-state index contributed by atoms with van der Waals surface area (Å²) >= 11 is 0. The van der Waals surface area contributed by atoms with Crippen LogP contribution in [0.25, 0.3) is 0 Å². The monoisotopic (exact) mass is 443 g/mol. The Morgan fingerprint density at radius 1 is 1.06 bits per heavy atom. The zero-order valence-corrected chi connectivity index (χ0v) is 19.5. The average molecular weight is 444 g/mol. The number of nitrogens with zero attached hydrogens (tertiary/aromatic N) is 2. The molecule has 2 aromatic carbocycles. The van der Waals surface area contributed by atoms with E-state index < -0.39 is 10.0 Å². The third-order valence-corrected chi connectivity index (χ3v) is 7.38. The fourth-order valence-electron chi connectivity index (χ4n) is 4.03. The number of nitrogens with one attached hydrogen (secondary N) is 1. The Morgan fingerprint density at radius 3 is 2.32 bits per heavy atom. The largest absolute Gasteiger partial charge is 0.372 e. The standard InChI is InChI=1S/C24H33N3O3S/c1-4-26(5-2)22-12-10-21(11-13-22)24(28)27-16-6-7-20(18-27)17-25-31(29,30)23-14-8-19(3)9-15-23/h8-15,20,25H,4-7,16-18H2,1-3H3. The second-order valence-electron chi connectivity index (χ2n) is 8.14. The molecule has 1 unspecified atom stereocenters. The molecule has 1 N–H and O–H groups in total. The summed E-state index contributed by atoms with van der Waals surface area (Å²) in [5, 5.41) is 0. The van der Waals surface area contributed by atoms with Gasteiger partial charge in [0.05, 0.1) is 4.90 Å². The zero-order valence-electron chi connectivity index (χ0n) is 18.7. The molecule has 1 aliphatic rings. The molecular weight excluding hydrogens is 410 g/mol. The van der Waals surface area contributed by atoms with Gasteiger partial charge in [-0.3, -0.25) is 4.79 Å². The summed E-state index contributed by atoms with van der Waals surface area (Å²) in [7, 11) is -3.54. The number of carbonyl (C=O) groups excluding carboxylic acids is 1. The lowest BCUT2D eigenvalue weighted by atomic mass is 9.97. The maximum atomic E-state index is 13.0. The molecule has 7 heteroatoms. The Morgan fingerprint density at radius 2 is 1.71 bits per heavy atom. The van der Waals surface area contributed by atoms with Crippen LogP contribution in [0.5, 0.6) is 0 Å². The smallest absolute Gasteiger partial charge is 0.253 e. The van der Waals surface area contributed by atoms with Crippen LogP contribution in [0.1, 0.15) is 42.6 Å². The van der Waals surface area contributed by atoms with Gasteiger partial charge in [-0.25, -0.2) is 13.1 Å². The summed E-state index contributed by atoms with van der Waals surface area (Å²) in [6, 6.07) is 14.6. The molecule has 3 rings (SSSR count). The number of amides is 1. The molecule has 1 aliphatic heterocycles. The van der Waals surface area contributed by atoms with Gasteiger partial charge in [0.15, 0.2) is 0 Å². The van der Waals surface area contributed by atoms with Crippen molar-refractivity contribution < 1.29 is 13.2 Å². The van der Waals surface area contributed by atoms with E-state index in [1.165, 1.54) is 0 Å². The van der Waals surface area contributed by atoms with E-state index in [1.54, 1.807) is 24.3 Å². The first-order valence-electron chi connectivity index (χ1n) is 11.0. The molecule has 1 heterocycles. The van der Waals surface area contributed by atoms with Crippen molar-refractivity contribution in [1.82, 2.24) is 9.62 Å². The van der Waals surface area contributed by atoms with Crippen molar-refractivity contribution in [3.8, 4) is 0 Å². The second kappa shape index (κ2) is 10.3. The third-order valence-electron chi connectivity index (χ3n) is 5.94. The van der Waals surface area contributed by atoms with Gasteiger partial charge in [0, 0.05) is 44.0 Å². The van der Waals surface area contributed by atoms with Gasteiger partial charge in [-0.15, -0.1) is 0 Å². The van der Waals surface area contributed by atoms with Gasteiger partial charge in [-0.05, 0) is 75.9 Å². The summed E-state index contributed by atoms with van der Waals surface area (Å²) in [4.78, 5) is 17.4. The molecule has 1 fully saturated rings. The van der Waals surface area contributed by atoms with E-state index in [0.717, 1.165) is 37.2 Å². The van der Waals surface area contributed by atoms with E-state index in [2.05, 4.69) is 23.5 Å². The quantitative estimate of drug-likeness (QED) is 0.676. The minimum atomic E-state index is -3.54. The number of hydrogen-bond donors (Lipinski definition) is 1. The predicted octanol–water partition coefficient (Wildman–Crippen LogP) is 3.67. The van der Waals surface area contributed by atoms with Crippen LogP contribution < -0.4 is 9.62 Å². The Labute approximate surface area is 186 Å². The SMILES string of the molecule is CCN(CC)c1ccc(C(=O)N2CCCC(CNS(=O)(=O)c3ccc(C)cc3)C2)cc1. The van der Waals surface area contributed by atoms with Gasteiger partial charge in [-0.2, -0.15) is 0 Å². The Balaban J connectivity index is 1.59. The molecule has 1 amide bonds. The van der Waals surface area contributed by atoms with Gasteiger partial charge in [0.1, 0.15) is 0 Å². The van der Waals surface area contributed by atoms with Crippen molar-refractivity contribution in [2.45, 2.75) is 38.5 Å². The highest BCUT2D eigenvalue weighted by molar-refractivity contribution is 7.89. The van der Waals surface area contributed by atoms with Crippen LogP contribution in [0.4, 0.5) is 5.69 Å². The maximum absolute atomic E-state index is 13.0. The summed E-state index contributed by atoms with van der Waals surface area (Å²) < 4.78 is 27.9. The lowest BCUT2D eigenvalue weighted by Crippen LogP contribution is -2.43. The zero-order chi connectivity index (χ0) is 22.4. The van der Waals surface area contributed by atoms with Crippen LogP contribution in [0.3, 0.4) is 0 Å². The molecule has 0 aliphatic carbocycles. The van der Waals surface area contributed by atoms with Crippen LogP contribution in [0.15, 0.2) is 53.4 Å². The number of piperidine rings is 1. The number of likely N-dealkylation sites (tertiary alicyclic amines) is 1. The predicted molar refractivity (Wildman–Crippen MR) is 125 cm³/mol. The van der Waals surface area contributed by atoms with Crippen molar-refractivity contribution in [3.05, 3.63) is 59.7 Å². The summed E-state index contributed by atoms with van der Waals surface area (Å²) in [6.07, 6.45) is 1.78. The first-order chi connectivity index (χ1) is 14.8. The van der Waals surface area contributed by atoms with Gasteiger partial charge < -0.3 is 9.80 Å². The number of aryl methyl sites for hydroxylation is 1. The highest BCUT2D eigenvalue weighted by Gasteiger charge is 2.26. The van der Waals surface area contributed by atoms with Gasteiger partial charge in [-0.1, -0.05) is 17.7 Å². The molecular formula is C24H33N3O3S. The molecule has 1 atom stereocenters. The first kappa shape index (κ1) is 23.3. The van der Waals surface area contributed by atoms with E-state index >= 15 is 0 Å². The summed E-state index contributed by atoms with van der Waals surface area (Å²) in [5.74, 6) is 0.116. The fraction of sp³-hybridized carbons (Fsp3) is 0.458. The average Bonchev–Trinajstić information content (AvgIpc) is 2.79. The van der Waals surface area contributed by atoms with Crippen molar-refractivity contribution in [1.29, 1.82) is 0 Å². The van der Waals surface area contributed by atoms with E-state index in [0.29, 0.717) is 25.2 Å². The number of anilines is 1. The highest BCUT2D eigenvalue weighted by atomic mass is 32.2. The van der Waals surface area contributed by atoms with Crippen LogP contribution >= 0.6 is 0 Å². The second-order valence-corrected chi connectivity index (χ2v) is 9.91. The molecule has 6 nitrogen and oxygen atoms in total. The van der Waals surface area contributed by atoms with E-state index in [-0.39, 0.29) is 16.7 Å². The molecule has 168 valence electrons. The lowest BCUT2D eigenvalue weighted by molar-refractivity contribution is 0.0676. The third kappa shape index (κ3) is 5.86. The van der Waals surface area contributed by atoms with Crippen LogP contribution in [0, 0.1) is 12.8 Å². The molecule has 0 bridgehead atoms. The Bertz CT molecular complexity index is 968. The molecule has 0 saturated carbocycles. The normalized spacial score (nSPS) is 16.9. The minimum Gasteiger partial charge on any atom is -0.372 e. The molecule has 1 saturated heterocycles. The van der Waals surface area contributed by atoms with Crippen LogP contribution in [-0.4, -0.2) is 51.9 Å². The Hall–Kier alpha value is -2.38. The van der Waals surface area contributed by atoms with Gasteiger partial charge in [0.2, 0.25) is 10.0 Å². The van der Waals surface area contributed by atoms with Crippen molar-refractivity contribution in [2.75, 3.05) is 37.6 Å². The number of hydrogen-bond acceptors (Lipinski definition) is 4. The fourth-order valence-corrected chi connectivity index (χ4v) is 5.15. The molecule has 31 heavy (non-hydrogen) atoms. The topological polar surface area (TPSA) is 69.7 Å². The minimum absolute atomic E-state index is 0.0113. The first-order valence-corrected chi connectivity index (χ1v) is 12.5. The summed E-state index contributed by atoms with van der Waals surface area (Å²) in [6.45, 7) is 9.61. The van der Waals surface area contributed by atoms with Gasteiger partial charge in [0.25, 0.3) is 5.91 Å². The number of benzene rings is 2. The van der Waals surface area contributed by atoms with Gasteiger partial charge >= 0.3 is 0 Å². The highest BCUT2D eigenvalue weighted by Crippen LogP contribution is 2.21. The van der Waals surface area contributed by atoms with Crippen molar-refractivity contribution in [3.63, 3.8) is 0 Å². The van der Waals surface area contributed by atoms with E-state index in [9.17, 15) is 13.2 Å². The number of rotatable bonds is 8. The molecule has 0 aromatic heterocycles. The van der Waals surface area contributed by atoms with Crippen molar-refractivity contribution in [2.24, 2.45) is 5.92 Å². The number of carbonyl (C=O) groups is 1. The van der Waals surface area contributed by atoms with Crippen LogP contribution in [-0.2, 0) is 10.0 Å². The van der Waals surface area contributed by atoms with Crippen LogP contribution in [0.2, 0.25) is 0 Å². The van der Waals surface area contributed by atoms with E-state index in [1.807, 2.05) is 36.1 Å². The van der Waals surface area contributed by atoms with E-state index in [4.69, 9.17) is 0 Å². The summed E-state index contributed by atoms with van der Waals surface area (Å²) in [5.41, 5.74) is 2.81. The Kier molecular flexibility index (Phi) is 7.73. The number of sulfonamides is 1. The maximum Gasteiger partial charge on any atom is 0.253 e.